The third kappa shape index (κ3) is 4.20. The molecule has 1 aromatic heterocycles. The molecular weight excluding hydrogens is 316 g/mol. The molecule has 0 unspecified atom stereocenters. The van der Waals surface area contributed by atoms with Crippen LogP contribution in [0.1, 0.15) is 11.4 Å². The van der Waals surface area contributed by atoms with Crippen LogP contribution in [0, 0.1) is 11.3 Å². The Hall–Kier alpha value is -3.66. The van der Waals surface area contributed by atoms with Crippen LogP contribution in [0.2, 0.25) is 0 Å². The van der Waals surface area contributed by atoms with E-state index in [9.17, 15) is 4.79 Å². The van der Waals surface area contributed by atoms with Crippen LogP contribution in [0.3, 0.4) is 0 Å². The molecule has 7 nitrogen and oxygen atoms in total. The summed E-state index contributed by atoms with van der Waals surface area (Å²) < 4.78 is 1.83. The molecule has 0 radical (unpaired) electrons. The number of aromatic nitrogens is 3. The van der Waals surface area contributed by atoms with Crippen LogP contribution in [0.25, 0.3) is 5.69 Å². The molecule has 7 heteroatoms. The van der Waals surface area contributed by atoms with Gasteiger partial charge in [-0.1, -0.05) is 18.2 Å². The number of amides is 1. The molecule has 2 aromatic carbocycles. The van der Waals surface area contributed by atoms with E-state index in [2.05, 4.69) is 26.9 Å². The van der Waals surface area contributed by atoms with Gasteiger partial charge in [-0.05, 0) is 36.4 Å². The van der Waals surface area contributed by atoms with E-state index in [4.69, 9.17) is 5.26 Å². The molecule has 3 aromatic rings. The highest BCUT2D eigenvalue weighted by Crippen LogP contribution is 2.09. The highest BCUT2D eigenvalue weighted by Gasteiger charge is 2.08. The summed E-state index contributed by atoms with van der Waals surface area (Å²) in [4.78, 5) is 12.0. The van der Waals surface area contributed by atoms with Crippen LogP contribution in [-0.2, 0) is 11.3 Å². The minimum absolute atomic E-state index is 0.130. The van der Waals surface area contributed by atoms with E-state index in [0.29, 0.717) is 11.4 Å². The molecular formula is C18H16N6O. The Kier molecular flexibility index (Phi) is 5.02. The fraction of sp³-hybridized carbons (Fsp3) is 0.111. The van der Waals surface area contributed by atoms with E-state index in [-0.39, 0.29) is 19.0 Å². The fourth-order valence-electron chi connectivity index (χ4n) is 2.27. The van der Waals surface area contributed by atoms with E-state index < -0.39 is 0 Å². The second kappa shape index (κ2) is 7.75. The van der Waals surface area contributed by atoms with Crippen molar-refractivity contribution in [1.29, 1.82) is 5.26 Å². The second-order valence-electron chi connectivity index (χ2n) is 5.27. The highest BCUT2D eigenvalue weighted by molar-refractivity contribution is 5.80. The fourth-order valence-corrected chi connectivity index (χ4v) is 2.27. The minimum atomic E-state index is -0.160. The Labute approximate surface area is 144 Å². The lowest BCUT2D eigenvalue weighted by atomic mass is 10.2. The maximum absolute atomic E-state index is 12.0. The maximum atomic E-state index is 12.0. The van der Waals surface area contributed by atoms with Gasteiger partial charge >= 0.3 is 0 Å². The number of hydrogen-bond acceptors (Lipinski definition) is 5. The van der Waals surface area contributed by atoms with Crippen LogP contribution in [-0.4, -0.2) is 27.2 Å². The van der Waals surface area contributed by atoms with Crippen LogP contribution in [0.5, 0.6) is 0 Å². The van der Waals surface area contributed by atoms with Crippen molar-refractivity contribution in [3.05, 3.63) is 72.3 Å². The van der Waals surface area contributed by atoms with Gasteiger partial charge in [0.15, 0.2) is 5.82 Å². The van der Waals surface area contributed by atoms with Gasteiger partial charge in [-0.2, -0.15) is 5.26 Å². The number of nitrogens with zero attached hydrogens (tertiary/aromatic N) is 4. The van der Waals surface area contributed by atoms with E-state index >= 15 is 0 Å². The Balaban J connectivity index is 1.53. The molecule has 0 aliphatic heterocycles. The lowest BCUT2D eigenvalue weighted by Gasteiger charge is -2.09. The average Bonchev–Trinajstić information content (AvgIpc) is 3.14. The highest BCUT2D eigenvalue weighted by atomic mass is 16.1. The number of carbonyl (C=O) groups excluding carboxylic acids is 1. The zero-order chi connectivity index (χ0) is 17.5. The van der Waals surface area contributed by atoms with Gasteiger partial charge in [-0.3, -0.25) is 9.36 Å². The first-order valence-electron chi connectivity index (χ1n) is 7.71. The van der Waals surface area contributed by atoms with Crippen molar-refractivity contribution < 1.29 is 4.79 Å². The number of hydrogen-bond donors (Lipinski definition) is 2. The first-order valence-corrected chi connectivity index (χ1v) is 7.71. The molecule has 0 saturated heterocycles. The van der Waals surface area contributed by atoms with Crippen LogP contribution in [0.4, 0.5) is 5.69 Å². The molecule has 3 rings (SSSR count). The van der Waals surface area contributed by atoms with Crippen molar-refractivity contribution in [3.63, 3.8) is 0 Å². The van der Waals surface area contributed by atoms with Crippen molar-refractivity contribution in [3.8, 4) is 11.8 Å². The molecule has 25 heavy (non-hydrogen) atoms. The van der Waals surface area contributed by atoms with E-state index in [1.54, 1.807) is 30.6 Å². The molecule has 1 heterocycles. The predicted molar refractivity (Wildman–Crippen MR) is 92.9 cm³/mol. The van der Waals surface area contributed by atoms with Crippen LogP contribution < -0.4 is 10.6 Å². The number of para-hydroxylation sites is 1. The minimum Gasteiger partial charge on any atom is -0.376 e. The van der Waals surface area contributed by atoms with E-state index in [1.807, 2.05) is 34.9 Å². The topological polar surface area (TPSA) is 95.6 Å². The summed E-state index contributed by atoms with van der Waals surface area (Å²) in [6.07, 6.45) is 1.62. The van der Waals surface area contributed by atoms with Crippen molar-refractivity contribution in [2.24, 2.45) is 0 Å². The Bertz CT molecular complexity index is 880. The summed E-state index contributed by atoms with van der Waals surface area (Å²) in [5.74, 6) is 0.491. The SMILES string of the molecule is N#Cc1ccc(NCC(=O)NCc2nncn2-c2ccccc2)cc1. The lowest BCUT2D eigenvalue weighted by molar-refractivity contribution is -0.119. The van der Waals surface area contributed by atoms with E-state index in [1.165, 1.54) is 0 Å². The number of nitrogens with one attached hydrogen (secondary N) is 2. The van der Waals surface area contributed by atoms with Gasteiger partial charge in [-0.15, -0.1) is 10.2 Å². The number of benzene rings is 2. The van der Waals surface area contributed by atoms with Crippen molar-refractivity contribution >= 4 is 11.6 Å². The third-order valence-electron chi connectivity index (χ3n) is 3.56. The average molecular weight is 332 g/mol. The van der Waals surface area contributed by atoms with Crippen molar-refractivity contribution in [1.82, 2.24) is 20.1 Å². The second-order valence-corrected chi connectivity index (χ2v) is 5.27. The Morgan fingerprint density at radius 1 is 1.12 bits per heavy atom. The molecule has 124 valence electrons. The van der Waals surface area contributed by atoms with Crippen molar-refractivity contribution in [2.75, 3.05) is 11.9 Å². The standard InChI is InChI=1S/C18H16N6O/c19-10-14-6-8-15(9-7-14)20-12-18(25)21-11-17-23-22-13-24(17)16-4-2-1-3-5-16/h1-9,13,20H,11-12H2,(H,21,25). The molecule has 0 spiro atoms. The third-order valence-corrected chi connectivity index (χ3v) is 3.56. The Morgan fingerprint density at radius 3 is 2.60 bits per heavy atom. The first kappa shape index (κ1) is 16.2. The molecule has 0 aliphatic carbocycles. The van der Waals surface area contributed by atoms with Gasteiger partial charge < -0.3 is 10.6 Å². The van der Waals surface area contributed by atoms with Crippen molar-refractivity contribution in [2.45, 2.75) is 6.54 Å². The van der Waals surface area contributed by atoms with E-state index in [0.717, 1.165) is 11.4 Å². The van der Waals surface area contributed by atoms with Gasteiger partial charge in [0, 0.05) is 11.4 Å². The number of rotatable bonds is 6. The zero-order valence-electron chi connectivity index (χ0n) is 13.4. The van der Waals surface area contributed by atoms with Gasteiger partial charge in [0.05, 0.1) is 24.7 Å². The molecule has 0 fully saturated rings. The summed E-state index contributed by atoms with van der Waals surface area (Å²) in [5.41, 5.74) is 2.30. The lowest BCUT2D eigenvalue weighted by Crippen LogP contribution is -2.30. The number of anilines is 1. The number of carbonyl (C=O) groups is 1. The first-order chi connectivity index (χ1) is 12.3. The van der Waals surface area contributed by atoms with Gasteiger partial charge in [-0.25, -0.2) is 0 Å². The Morgan fingerprint density at radius 2 is 1.88 bits per heavy atom. The zero-order valence-corrected chi connectivity index (χ0v) is 13.4. The predicted octanol–water partition coefficient (Wildman–Crippen LogP) is 1.87. The summed E-state index contributed by atoms with van der Waals surface area (Å²) in [6, 6.07) is 18.7. The normalized spacial score (nSPS) is 10.0. The maximum Gasteiger partial charge on any atom is 0.239 e. The van der Waals surface area contributed by atoms with Gasteiger partial charge in [0.1, 0.15) is 6.33 Å². The smallest absolute Gasteiger partial charge is 0.239 e. The molecule has 0 bridgehead atoms. The summed E-state index contributed by atoms with van der Waals surface area (Å²) in [6.45, 7) is 0.411. The molecule has 0 atom stereocenters. The molecule has 0 aliphatic rings. The summed E-state index contributed by atoms with van der Waals surface area (Å²) >= 11 is 0. The molecule has 0 saturated carbocycles. The van der Waals surface area contributed by atoms with Gasteiger partial charge in [0.2, 0.25) is 5.91 Å². The monoisotopic (exact) mass is 332 g/mol. The molecule has 2 N–H and O–H groups in total. The quantitative estimate of drug-likeness (QED) is 0.718. The summed E-state index contributed by atoms with van der Waals surface area (Å²) in [5, 5.41) is 22.5. The largest absolute Gasteiger partial charge is 0.376 e. The van der Waals surface area contributed by atoms with Crippen LogP contribution >= 0.6 is 0 Å². The van der Waals surface area contributed by atoms with Gasteiger partial charge in [0.25, 0.3) is 0 Å². The molecule has 1 amide bonds. The number of nitriles is 1. The van der Waals surface area contributed by atoms with Crippen LogP contribution in [0.15, 0.2) is 60.9 Å². The summed E-state index contributed by atoms with van der Waals surface area (Å²) in [7, 11) is 0.